The molecule has 0 aliphatic heterocycles. The van der Waals surface area contributed by atoms with Gasteiger partial charge in [0.2, 0.25) is 0 Å². The van der Waals surface area contributed by atoms with Crippen LogP contribution in [0.15, 0.2) is 0 Å². The molecule has 3 heteroatoms. The number of ether oxygens (including phenoxy) is 2. The van der Waals surface area contributed by atoms with E-state index >= 15 is 0 Å². The zero-order chi connectivity index (χ0) is 16.8. The van der Waals surface area contributed by atoms with E-state index < -0.39 is 0 Å². The smallest absolute Gasteiger partial charge is 0.0963 e. The van der Waals surface area contributed by atoms with Crippen molar-refractivity contribution in [3.05, 3.63) is 0 Å². The Morgan fingerprint density at radius 2 is 0.957 bits per heavy atom. The lowest BCUT2D eigenvalue weighted by Crippen LogP contribution is -2.14. The lowest BCUT2D eigenvalue weighted by Gasteiger charge is -2.05. The van der Waals surface area contributed by atoms with Gasteiger partial charge >= 0.3 is 0 Å². The van der Waals surface area contributed by atoms with Crippen LogP contribution in [0.1, 0.15) is 96.8 Å². The summed E-state index contributed by atoms with van der Waals surface area (Å²) in [6.45, 7) is 5.21. The van der Waals surface area contributed by atoms with Gasteiger partial charge in [-0.1, -0.05) is 90.4 Å². The van der Waals surface area contributed by atoms with Gasteiger partial charge in [-0.3, -0.25) is 5.32 Å². The molecule has 1 N–H and O–H groups in total. The van der Waals surface area contributed by atoms with Crippen molar-refractivity contribution in [3.63, 3.8) is 0 Å². The van der Waals surface area contributed by atoms with E-state index in [-0.39, 0.29) is 0 Å². The summed E-state index contributed by atoms with van der Waals surface area (Å²) in [4.78, 5) is 0. The molecule has 0 saturated carbocycles. The first-order valence-corrected chi connectivity index (χ1v) is 10.2. The van der Waals surface area contributed by atoms with Crippen LogP contribution in [-0.4, -0.2) is 33.6 Å². The Bertz CT molecular complexity index is 180. The molecule has 0 heterocycles. The van der Waals surface area contributed by atoms with Crippen LogP contribution in [0.3, 0.4) is 0 Å². The summed E-state index contributed by atoms with van der Waals surface area (Å²) in [5.41, 5.74) is 0. The third-order valence-electron chi connectivity index (χ3n) is 4.26. The van der Waals surface area contributed by atoms with E-state index in [0.29, 0.717) is 13.3 Å². The van der Waals surface area contributed by atoms with Crippen LogP contribution in [0, 0.1) is 0 Å². The molecule has 0 radical (unpaired) electrons. The van der Waals surface area contributed by atoms with Crippen LogP contribution in [0.4, 0.5) is 0 Å². The molecular weight excluding hydrogens is 286 g/mol. The summed E-state index contributed by atoms with van der Waals surface area (Å²) >= 11 is 0. The third kappa shape index (κ3) is 21.9. The molecule has 0 saturated heterocycles. The molecule has 0 bridgehead atoms. The molecule has 0 atom stereocenters. The number of hydrogen-bond donors (Lipinski definition) is 1. The van der Waals surface area contributed by atoms with Crippen molar-refractivity contribution < 1.29 is 9.47 Å². The van der Waals surface area contributed by atoms with Gasteiger partial charge in [0, 0.05) is 6.61 Å². The molecule has 0 aliphatic carbocycles. The molecule has 0 aromatic heterocycles. The Morgan fingerprint density at radius 1 is 0.522 bits per heavy atom. The Balaban J connectivity index is 2.92. The van der Waals surface area contributed by atoms with Crippen molar-refractivity contribution in [2.24, 2.45) is 0 Å². The van der Waals surface area contributed by atoms with Gasteiger partial charge in [0.15, 0.2) is 0 Å². The van der Waals surface area contributed by atoms with Crippen molar-refractivity contribution in [2.45, 2.75) is 96.8 Å². The first-order valence-electron chi connectivity index (χ1n) is 10.2. The summed E-state index contributed by atoms with van der Waals surface area (Å²) < 4.78 is 10.8. The molecule has 0 spiro atoms. The van der Waals surface area contributed by atoms with Crippen LogP contribution in [0.5, 0.6) is 0 Å². The maximum Gasteiger partial charge on any atom is 0.0963 e. The van der Waals surface area contributed by atoms with Crippen molar-refractivity contribution in [1.82, 2.24) is 5.32 Å². The van der Waals surface area contributed by atoms with Gasteiger partial charge in [0.25, 0.3) is 0 Å². The molecule has 140 valence electrons. The zero-order valence-corrected chi connectivity index (χ0v) is 16.0. The molecule has 0 fully saturated rings. The highest BCUT2D eigenvalue weighted by Crippen LogP contribution is 2.12. The van der Waals surface area contributed by atoms with E-state index in [1.165, 1.54) is 89.9 Å². The molecule has 3 nitrogen and oxygen atoms in total. The lowest BCUT2D eigenvalue weighted by atomic mass is 10.0. The molecule has 0 unspecified atom stereocenters. The fraction of sp³-hybridized carbons (Fsp3) is 1.00. The SMILES string of the molecule is CCCCCCCCCCCCCCCCOCCOCNC. The second kappa shape index (κ2) is 21.9. The number of nitrogens with one attached hydrogen (secondary N) is 1. The minimum Gasteiger partial charge on any atom is -0.379 e. The third-order valence-corrected chi connectivity index (χ3v) is 4.26. The van der Waals surface area contributed by atoms with E-state index in [1.807, 2.05) is 7.05 Å². The standard InChI is InChI=1S/C20H43NO2/c1-3-4-5-6-7-8-9-10-11-12-13-14-15-16-17-22-18-19-23-20-21-2/h21H,3-20H2,1-2H3. The summed E-state index contributed by atoms with van der Waals surface area (Å²) in [7, 11) is 1.88. The van der Waals surface area contributed by atoms with Gasteiger partial charge in [0.1, 0.15) is 0 Å². The lowest BCUT2D eigenvalue weighted by molar-refractivity contribution is 0.0412. The number of hydrogen-bond acceptors (Lipinski definition) is 3. The fourth-order valence-corrected chi connectivity index (χ4v) is 2.79. The number of unbranched alkanes of at least 4 members (excludes halogenated alkanes) is 13. The van der Waals surface area contributed by atoms with Crippen LogP contribution in [0.25, 0.3) is 0 Å². The van der Waals surface area contributed by atoms with Crippen LogP contribution in [-0.2, 0) is 9.47 Å². The Morgan fingerprint density at radius 3 is 1.43 bits per heavy atom. The normalized spacial score (nSPS) is 11.2. The minimum atomic E-state index is 0.613. The highest BCUT2D eigenvalue weighted by atomic mass is 16.5. The van der Waals surface area contributed by atoms with Crippen LogP contribution < -0.4 is 5.32 Å². The zero-order valence-electron chi connectivity index (χ0n) is 16.0. The molecule has 23 heavy (non-hydrogen) atoms. The van der Waals surface area contributed by atoms with E-state index in [1.54, 1.807) is 0 Å². The first kappa shape index (κ1) is 22.9. The van der Waals surface area contributed by atoms with E-state index in [2.05, 4.69) is 12.2 Å². The largest absolute Gasteiger partial charge is 0.379 e. The first-order chi connectivity index (χ1) is 11.4. The van der Waals surface area contributed by atoms with Crippen molar-refractivity contribution in [3.8, 4) is 0 Å². The van der Waals surface area contributed by atoms with Gasteiger partial charge in [-0.05, 0) is 13.5 Å². The molecular formula is C20H43NO2. The summed E-state index contributed by atoms with van der Waals surface area (Å²) in [5.74, 6) is 0. The Labute approximate surface area is 145 Å². The highest BCUT2D eigenvalue weighted by molar-refractivity contribution is 4.49. The molecule has 0 amide bonds. The quantitative estimate of drug-likeness (QED) is 0.230. The van der Waals surface area contributed by atoms with E-state index in [4.69, 9.17) is 9.47 Å². The second-order valence-corrected chi connectivity index (χ2v) is 6.61. The van der Waals surface area contributed by atoms with Crippen molar-refractivity contribution in [2.75, 3.05) is 33.6 Å². The summed E-state index contributed by atoms with van der Waals surface area (Å²) in [6.07, 6.45) is 19.7. The maximum atomic E-state index is 5.53. The van der Waals surface area contributed by atoms with Gasteiger partial charge in [-0.15, -0.1) is 0 Å². The summed E-state index contributed by atoms with van der Waals surface area (Å²) in [5, 5.41) is 2.95. The van der Waals surface area contributed by atoms with E-state index in [9.17, 15) is 0 Å². The van der Waals surface area contributed by atoms with E-state index in [0.717, 1.165) is 13.2 Å². The van der Waals surface area contributed by atoms with Crippen molar-refractivity contribution in [1.29, 1.82) is 0 Å². The molecule has 0 rings (SSSR count). The molecule has 0 aromatic rings. The number of rotatable bonds is 20. The van der Waals surface area contributed by atoms with Crippen molar-refractivity contribution >= 4 is 0 Å². The Hall–Kier alpha value is -0.120. The minimum absolute atomic E-state index is 0.613. The predicted molar refractivity (Wildman–Crippen MR) is 101 cm³/mol. The average Bonchev–Trinajstić information content (AvgIpc) is 2.57. The second-order valence-electron chi connectivity index (χ2n) is 6.61. The van der Waals surface area contributed by atoms with Gasteiger partial charge < -0.3 is 9.47 Å². The van der Waals surface area contributed by atoms with Gasteiger partial charge in [-0.25, -0.2) is 0 Å². The highest BCUT2D eigenvalue weighted by Gasteiger charge is 1.94. The molecule has 0 aliphatic rings. The average molecular weight is 330 g/mol. The van der Waals surface area contributed by atoms with Gasteiger partial charge in [0.05, 0.1) is 19.9 Å². The summed E-state index contributed by atoms with van der Waals surface area (Å²) in [6, 6.07) is 0. The predicted octanol–water partition coefficient (Wildman–Crippen LogP) is 5.68. The monoisotopic (exact) mass is 329 g/mol. The van der Waals surface area contributed by atoms with Crippen LogP contribution in [0.2, 0.25) is 0 Å². The van der Waals surface area contributed by atoms with Gasteiger partial charge in [-0.2, -0.15) is 0 Å². The topological polar surface area (TPSA) is 30.5 Å². The van der Waals surface area contributed by atoms with Crippen LogP contribution >= 0.6 is 0 Å². The maximum absolute atomic E-state index is 5.53. The fourth-order valence-electron chi connectivity index (χ4n) is 2.79. The molecule has 0 aromatic carbocycles. The Kier molecular flexibility index (Phi) is 21.8.